The number of hydrogen-bond donors (Lipinski definition) is 1. The van der Waals surface area contributed by atoms with Crippen molar-refractivity contribution in [1.29, 1.82) is 0 Å². The van der Waals surface area contributed by atoms with E-state index in [9.17, 15) is 9.59 Å². The summed E-state index contributed by atoms with van der Waals surface area (Å²) in [6.07, 6.45) is 2.39. The number of amides is 2. The molecule has 0 spiro atoms. The van der Waals surface area contributed by atoms with E-state index in [0.717, 1.165) is 28.4 Å². The number of carbonyl (C=O) groups is 2. The highest BCUT2D eigenvalue weighted by Crippen LogP contribution is 2.35. The predicted octanol–water partition coefficient (Wildman–Crippen LogP) is 3.12. The number of para-hydroxylation sites is 2. The lowest BCUT2D eigenvalue weighted by Gasteiger charge is -2.32. The number of anilines is 1. The minimum absolute atomic E-state index is 0.0612. The van der Waals surface area contributed by atoms with Crippen molar-refractivity contribution < 1.29 is 23.8 Å². The standard InChI is InChI=1S/C25H23N3O5/c1-15-11-17(16(2)28(15)18-8-9-21-22(12-18)32-14-31-21)7-10-24(29)27-13-23(25(26)30)33-20-6-4-3-5-19(20)27/h3-12,23H,13-14H2,1-2H3,(H2,26,30)/b10-7+. The first-order valence-corrected chi connectivity index (χ1v) is 10.6. The Kier molecular flexibility index (Phi) is 5.05. The third-order valence-electron chi connectivity index (χ3n) is 5.85. The molecule has 33 heavy (non-hydrogen) atoms. The van der Waals surface area contributed by atoms with Gasteiger partial charge in [-0.25, -0.2) is 0 Å². The molecule has 168 valence electrons. The second kappa shape index (κ2) is 8.05. The molecule has 2 amide bonds. The van der Waals surface area contributed by atoms with Crippen LogP contribution in [0, 0.1) is 13.8 Å². The Labute approximate surface area is 190 Å². The highest BCUT2D eigenvalue weighted by molar-refractivity contribution is 6.05. The first kappa shape index (κ1) is 20.7. The van der Waals surface area contributed by atoms with Crippen molar-refractivity contribution in [3.05, 3.63) is 71.6 Å². The monoisotopic (exact) mass is 445 g/mol. The molecule has 3 aromatic rings. The fourth-order valence-corrected chi connectivity index (χ4v) is 4.22. The summed E-state index contributed by atoms with van der Waals surface area (Å²) < 4.78 is 18.6. The van der Waals surface area contributed by atoms with Crippen LogP contribution in [0.5, 0.6) is 17.2 Å². The van der Waals surface area contributed by atoms with Gasteiger partial charge < -0.3 is 29.4 Å². The summed E-state index contributed by atoms with van der Waals surface area (Å²) in [6.45, 7) is 4.28. The number of nitrogens with two attached hydrogens (primary N) is 1. The molecule has 0 saturated carbocycles. The van der Waals surface area contributed by atoms with Crippen LogP contribution in [-0.4, -0.2) is 35.8 Å². The lowest BCUT2D eigenvalue weighted by molar-refractivity contribution is -0.125. The zero-order valence-corrected chi connectivity index (χ0v) is 18.3. The number of aromatic nitrogens is 1. The van der Waals surface area contributed by atoms with E-state index in [2.05, 4.69) is 4.57 Å². The van der Waals surface area contributed by atoms with Gasteiger partial charge in [0, 0.05) is 29.2 Å². The van der Waals surface area contributed by atoms with Crippen LogP contribution in [0.3, 0.4) is 0 Å². The molecule has 8 heteroatoms. The van der Waals surface area contributed by atoms with Crippen LogP contribution in [0.2, 0.25) is 0 Å². The molecule has 1 unspecified atom stereocenters. The highest BCUT2D eigenvalue weighted by Gasteiger charge is 2.31. The second-order valence-corrected chi connectivity index (χ2v) is 7.96. The van der Waals surface area contributed by atoms with Crippen molar-refractivity contribution in [3.63, 3.8) is 0 Å². The van der Waals surface area contributed by atoms with E-state index >= 15 is 0 Å². The first-order chi connectivity index (χ1) is 15.9. The van der Waals surface area contributed by atoms with Crippen LogP contribution in [0.25, 0.3) is 11.8 Å². The molecule has 2 aliphatic rings. The maximum Gasteiger partial charge on any atom is 0.260 e. The Morgan fingerprint density at radius 1 is 1.03 bits per heavy atom. The number of aryl methyl sites for hydroxylation is 1. The molecule has 2 aromatic carbocycles. The number of primary amides is 1. The third kappa shape index (κ3) is 3.69. The number of ether oxygens (including phenoxy) is 3. The highest BCUT2D eigenvalue weighted by atomic mass is 16.7. The van der Waals surface area contributed by atoms with Crippen molar-refractivity contribution in [2.45, 2.75) is 20.0 Å². The zero-order valence-electron chi connectivity index (χ0n) is 18.3. The quantitative estimate of drug-likeness (QED) is 0.623. The summed E-state index contributed by atoms with van der Waals surface area (Å²) in [4.78, 5) is 26.3. The van der Waals surface area contributed by atoms with Gasteiger partial charge in [-0.2, -0.15) is 0 Å². The summed E-state index contributed by atoms with van der Waals surface area (Å²) in [5, 5.41) is 0. The molecular formula is C25H23N3O5. The Hall–Kier alpha value is -4.20. The number of fused-ring (bicyclic) bond motifs is 2. The zero-order chi connectivity index (χ0) is 23.1. The van der Waals surface area contributed by atoms with Gasteiger partial charge in [0.2, 0.25) is 6.79 Å². The number of benzene rings is 2. The Balaban J connectivity index is 1.43. The van der Waals surface area contributed by atoms with Gasteiger partial charge in [0.1, 0.15) is 5.75 Å². The molecular weight excluding hydrogens is 422 g/mol. The van der Waals surface area contributed by atoms with Gasteiger partial charge in [0.05, 0.1) is 12.2 Å². The Morgan fingerprint density at radius 2 is 1.82 bits per heavy atom. The van der Waals surface area contributed by atoms with E-state index in [1.54, 1.807) is 24.3 Å². The van der Waals surface area contributed by atoms with E-state index in [0.29, 0.717) is 17.2 Å². The van der Waals surface area contributed by atoms with Gasteiger partial charge in [-0.3, -0.25) is 9.59 Å². The fourth-order valence-electron chi connectivity index (χ4n) is 4.22. The molecule has 0 saturated heterocycles. The maximum atomic E-state index is 13.1. The lowest BCUT2D eigenvalue weighted by Crippen LogP contribution is -2.49. The van der Waals surface area contributed by atoms with Crippen LogP contribution in [0.1, 0.15) is 17.0 Å². The van der Waals surface area contributed by atoms with Crippen molar-refractivity contribution in [3.8, 4) is 22.9 Å². The lowest BCUT2D eigenvalue weighted by atomic mass is 10.1. The molecule has 2 N–H and O–H groups in total. The van der Waals surface area contributed by atoms with Gasteiger partial charge in [-0.1, -0.05) is 12.1 Å². The van der Waals surface area contributed by atoms with Crippen molar-refractivity contribution in [1.82, 2.24) is 4.57 Å². The van der Waals surface area contributed by atoms with Crippen LogP contribution in [0.15, 0.2) is 54.6 Å². The van der Waals surface area contributed by atoms with E-state index in [1.807, 2.05) is 44.2 Å². The SMILES string of the molecule is Cc1cc(/C=C/C(=O)N2CC(C(N)=O)Oc3ccccc32)c(C)n1-c1ccc2c(c1)OCO2. The van der Waals surface area contributed by atoms with Gasteiger partial charge in [0.15, 0.2) is 17.6 Å². The first-order valence-electron chi connectivity index (χ1n) is 10.6. The van der Waals surface area contributed by atoms with Gasteiger partial charge in [0.25, 0.3) is 11.8 Å². The second-order valence-electron chi connectivity index (χ2n) is 7.96. The minimum Gasteiger partial charge on any atom is -0.477 e. The molecule has 0 fully saturated rings. The molecule has 0 aliphatic carbocycles. The van der Waals surface area contributed by atoms with Gasteiger partial charge in [-0.05, 0) is 55.8 Å². The van der Waals surface area contributed by atoms with Crippen molar-refractivity contribution in [2.75, 3.05) is 18.2 Å². The normalized spacial score (nSPS) is 16.5. The molecule has 3 heterocycles. The van der Waals surface area contributed by atoms with E-state index in [4.69, 9.17) is 19.9 Å². The summed E-state index contributed by atoms with van der Waals surface area (Å²) >= 11 is 0. The van der Waals surface area contributed by atoms with Crippen LogP contribution in [0.4, 0.5) is 5.69 Å². The minimum atomic E-state index is -0.895. The molecule has 5 rings (SSSR count). The van der Waals surface area contributed by atoms with Gasteiger partial charge >= 0.3 is 0 Å². The summed E-state index contributed by atoms with van der Waals surface area (Å²) in [5.74, 6) is 1.02. The molecule has 1 aromatic heterocycles. The molecule has 0 bridgehead atoms. The number of hydrogen-bond acceptors (Lipinski definition) is 5. The fraction of sp³-hybridized carbons (Fsp3) is 0.200. The smallest absolute Gasteiger partial charge is 0.260 e. The average Bonchev–Trinajstić information content (AvgIpc) is 3.39. The largest absolute Gasteiger partial charge is 0.477 e. The third-order valence-corrected chi connectivity index (χ3v) is 5.85. The molecule has 8 nitrogen and oxygen atoms in total. The summed E-state index contributed by atoms with van der Waals surface area (Å²) in [6, 6.07) is 14.9. The number of carbonyl (C=O) groups excluding carboxylic acids is 2. The molecule has 0 radical (unpaired) electrons. The van der Waals surface area contributed by atoms with Crippen LogP contribution < -0.4 is 24.8 Å². The average molecular weight is 445 g/mol. The summed E-state index contributed by atoms with van der Waals surface area (Å²) in [5.41, 5.74) is 9.90. The van der Waals surface area contributed by atoms with E-state index in [-0.39, 0.29) is 19.2 Å². The van der Waals surface area contributed by atoms with Crippen molar-refractivity contribution >= 4 is 23.6 Å². The predicted molar refractivity (Wildman–Crippen MR) is 123 cm³/mol. The van der Waals surface area contributed by atoms with Crippen LogP contribution >= 0.6 is 0 Å². The Morgan fingerprint density at radius 3 is 2.64 bits per heavy atom. The van der Waals surface area contributed by atoms with Crippen molar-refractivity contribution in [2.24, 2.45) is 5.73 Å². The Bertz CT molecular complexity index is 1290. The number of rotatable bonds is 4. The van der Waals surface area contributed by atoms with Crippen LogP contribution in [-0.2, 0) is 9.59 Å². The van der Waals surface area contributed by atoms with E-state index < -0.39 is 12.0 Å². The van der Waals surface area contributed by atoms with E-state index in [1.165, 1.54) is 11.0 Å². The van der Waals surface area contributed by atoms with Gasteiger partial charge in [-0.15, -0.1) is 0 Å². The topological polar surface area (TPSA) is 96.0 Å². The maximum absolute atomic E-state index is 13.1. The molecule has 1 atom stereocenters. The summed E-state index contributed by atoms with van der Waals surface area (Å²) in [7, 11) is 0. The number of nitrogens with zero attached hydrogens (tertiary/aromatic N) is 2. The molecule has 2 aliphatic heterocycles.